The fourth-order valence-corrected chi connectivity index (χ4v) is 2.26. The smallest absolute Gasteiger partial charge is 0.333 e. The summed E-state index contributed by atoms with van der Waals surface area (Å²) in [5, 5.41) is -0.0817. The Labute approximate surface area is 95.4 Å². The molecule has 3 nitrogen and oxygen atoms in total. The highest BCUT2D eigenvalue weighted by atomic mass is 32.2. The van der Waals surface area contributed by atoms with Crippen LogP contribution in [-0.4, -0.2) is 40.9 Å². The molecule has 0 aromatic rings. The second-order valence-corrected chi connectivity index (χ2v) is 4.96. The third-order valence-electron chi connectivity index (χ3n) is 2.19. The molecule has 1 aliphatic heterocycles. The summed E-state index contributed by atoms with van der Waals surface area (Å²) in [6.45, 7) is 0.306. The van der Waals surface area contributed by atoms with Crippen LogP contribution in [0.3, 0.4) is 0 Å². The van der Waals surface area contributed by atoms with Crippen LogP contribution in [0.5, 0.6) is 0 Å². The summed E-state index contributed by atoms with van der Waals surface area (Å²) in [4.78, 5) is 22.7. The molecule has 0 bridgehead atoms. The van der Waals surface area contributed by atoms with Crippen molar-refractivity contribution in [1.82, 2.24) is 4.90 Å². The molecular weight excluding hydrogens is 243 g/mol. The molecule has 0 aliphatic carbocycles. The molecule has 0 saturated carbocycles. The molecule has 7 heteroatoms. The van der Waals surface area contributed by atoms with Crippen molar-refractivity contribution < 1.29 is 22.8 Å². The second kappa shape index (κ2) is 5.07. The molecule has 1 amide bonds. The van der Waals surface area contributed by atoms with Crippen molar-refractivity contribution in [2.45, 2.75) is 19.5 Å². The monoisotopic (exact) mass is 255 g/mol. The van der Waals surface area contributed by atoms with Crippen molar-refractivity contribution in [3.63, 3.8) is 0 Å². The fourth-order valence-electron chi connectivity index (χ4n) is 1.57. The van der Waals surface area contributed by atoms with Gasteiger partial charge in [0.15, 0.2) is 5.12 Å². The first-order valence-corrected chi connectivity index (χ1v) is 5.74. The Morgan fingerprint density at radius 3 is 2.69 bits per heavy atom. The van der Waals surface area contributed by atoms with E-state index in [0.717, 1.165) is 16.7 Å². The number of halogens is 3. The van der Waals surface area contributed by atoms with E-state index in [9.17, 15) is 22.8 Å². The van der Waals surface area contributed by atoms with E-state index in [1.807, 2.05) is 0 Å². The van der Waals surface area contributed by atoms with E-state index in [-0.39, 0.29) is 24.0 Å². The third kappa shape index (κ3) is 4.42. The molecule has 16 heavy (non-hydrogen) atoms. The van der Waals surface area contributed by atoms with E-state index < -0.39 is 18.6 Å². The Hall–Kier alpha value is -0.720. The molecule has 1 rings (SSSR count). The molecule has 0 aromatic carbocycles. The van der Waals surface area contributed by atoms with Gasteiger partial charge in [0, 0.05) is 25.6 Å². The van der Waals surface area contributed by atoms with Gasteiger partial charge in [0.1, 0.15) is 6.54 Å². The molecule has 1 aliphatic rings. The molecule has 0 aromatic heterocycles. The van der Waals surface area contributed by atoms with E-state index in [1.54, 1.807) is 0 Å². The van der Waals surface area contributed by atoms with Gasteiger partial charge in [-0.15, -0.1) is 0 Å². The molecule has 1 heterocycles. The number of alkyl halides is 3. The van der Waals surface area contributed by atoms with Crippen molar-refractivity contribution in [2.75, 3.05) is 18.8 Å². The molecule has 0 N–H and O–H groups in total. The average molecular weight is 255 g/mol. The number of nitrogens with zero attached hydrogens (tertiary/aromatic N) is 1. The molecule has 1 fully saturated rings. The second-order valence-electron chi connectivity index (χ2n) is 3.76. The van der Waals surface area contributed by atoms with Crippen molar-refractivity contribution >= 4 is 22.8 Å². The number of carbonyl (C=O) groups excluding carboxylic acids is 2. The van der Waals surface area contributed by atoms with Gasteiger partial charge in [-0.05, 0) is 5.92 Å². The van der Waals surface area contributed by atoms with Crippen molar-refractivity contribution in [3.05, 3.63) is 0 Å². The number of likely N-dealkylation sites (tertiary alicyclic amines) is 1. The average Bonchev–Trinajstić information content (AvgIpc) is 2.41. The first kappa shape index (κ1) is 13.3. The lowest BCUT2D eigenvalue weighted by Gasteiger charge is -2.18. The van der Waals surface area contributed by atoms with Crippen LogP contribution in [0, 0.1) is 5.92 Å². The molecule has 0 radical (unpaired) electrons. The topological polar surface area (TPSA) is 37.4 Å². The van der Waals surface area contributed by atoms with E-state index in [0.29, 0.717) is 5.75 Å². The van der Waals surface area contributed by atoms with Gasteiger partial charge in [-0.3, -0.25) is 9.59 Å². The summed E-state index contributed by atoms with van der Waals surface area (Å²) < 4.78 is 36.2. The minimum atomic E-state index is -4.35. The SMILES string of the molecule is CC(=O)SCC1CC(=O)N(CC(F)(F)F)C1. The maximum atomic E-state index is 12.1. The zero-order valence-electron chi connectivity index (χ0n) is 8.71. The van der Waals surface area contributed by atoms with Crippen molar-refractivity contribution in [2.24, 2.45) is 5.92 Å². The molecule has 1 atom stereocenters. The quantitative estimate of drug-likeness (QED) is 0.770. The lowest BCUT2D eigenvalue weighted by molar-refractivity contribution is -0.157. The molecule has 92 valence electrons. The van der Waals surface area contributed by atoms with E-state index in [4.69, 9.17) is 0 Å². The highest BCUT2D eigenvalue weighted by Crippen LogP contribution is 2.25. The van der Waals surface area contributed by atoms with E-state index in [1.165, 1.54) is 6.92 Å². The van der Waals surface area contributed by atoms with Crippen LogP contribution < -0.4 is 0 Å². The lowest BCUT2D eigenvalue weighted by Crippen LogP contribution is -2.35. The number of amides is 1. The number of carbonyl (C=O) groups is 2. The van der Waals surface area contributed by atoms with Gasteiger partial charge in [-0.2, -0.15) is 13.2 Å². The minimum absolute atomic E-state index is 0.0817. The van der Waals surface area contributed by atoms with E-state index >= 15 is 0 Å². The Bertz CT molecular complexity index is 293. The third-order valence-corrected chi connectivity index (χ3v) is 3.23. The predicted octanol–water partition coefficient (Wildman–Crippen LogP) is 1.68. The number of thioether (sulfide) groups is 1. The number of hydrogen-bond acceptors (Lipinski definition) is 3. The van der Waals surface area contributed by atoms with Gasteiger partial charge in [0.05, 0.1) is 0 Å². The summed E-state index contributed by atoms with van der Waals surface area (Å²) in [6, 6.07) is 0. The summed E-state index contributed by atoms with van der Waals surface area (Å²) in [5.41, 5.74) is 0. The van der Waals surface area contributed by atoms with Crippen molar-refractivity contribution in [3.8, 4) is 0 Å². The van der Waals surface area contributed by atoms with E-state index in [2.05, 4.69) is 0 Å². The minimum Gasteiger partial charge on any atom is -0.333 e. The lowest BCUT2D eigenvalue weighted by atomic mass is 10.1. The largest absolute Gasteiger partial charge is 0.406 e. The Balaban J connectivity index is 2.41. The zero-order chi connectivity index (χ0) is 12.3. The zero-order valence-corrected chi connectivity index (χ0v) is 9.53. The van der Waals surface area contributed by atoms with Crippen molar-refractivity contribution in [1.29, 1.82) is 0 Å². The molecular formula is C9H12F3NO2S. The number of hydrogen-bond donors (Lipinski definition) is 0. The standard InChI is InChI=1S/C9H12F3NO2S/c1-6(14)16-4-7-2-8(15)13(3-7)5-9(10,11)12/h7H,2-5H2,1H3. The van der Waals surface area contributed by atoms with Crippen LogP contribution in [0.15, 0.2) is 0 Å². The summed E-state index contributed by atoms with van der Waals surface area (Å²) in [5.74, 6) is -0.217. The normalized spacial score (nSPS) is 21.6. The van der Waals surface area contributed by atoms with Gasteiger partial charge >= 0.3 is 6.18 Å². The summed E-state index contributed by atoms with van der Waals surface area (Å²) in [6.07, 6.45) is -4.24. The van der Waals surface area contributed by atoms with Gasteiger partial charge in [0.2, 0.25) is 5.91 Å². The van der Waals surface area contributed by atoms with Crippen LogP contribution in [0.2, 0.25) is 0 Å². The Morgan fingerprint density at radius 2 is 2.19 bits per heavy atom. The molecule has 0 spiro atoms. The fraction of sp³-hybridized carbons (Fsp3) is 0.778. The van der Waals surface area contributed by atoms with Gasteiger partial charge in [-0.1, -0.05) is 11.8 Å². The highest BCUT2D eigenvalue weighted by Gasteiger charge is 2.38. The maximum Gasteiger partial charge on any atom is 0.406 e. The van der Waals surface area contributed by atoms with Crippen LogP contribution in [-0.2, 0) is 9.59 Å². The van der Waals surface area contributed by atoms with Crippen LogP contribution in [0.25, 0.3) is 0 Å². The number of rotatable bonds is 3. The van der Waals surface area contributed by atoms with Gasteiger partial charge < -0.3 is 4.90 Å². The molecule has 1 saturated heterocycles. The maximum absolute atomic E-state index is 12.1. The first-order valence-electron chi connectivity index (χ1n) is 4.76. The van der Waals surface area contributed by atoms with Gasteiger partial charge in [-0.25, -0.2) is 0 Å². The predicted molar refractivity (Wildman–Crippen MR) is 53.9 cm³/mol. The van der Waals surface area contributed by atoms with Crippen LogP contribution in [0.1, 0.15) is 13.3 Å². The summed E-state index contributed by atoms with van der Waals surface area (Å²) >= 11 is 1.05. The summed E-state index contributed by atoms with van der Waals surface area (Å²) in [7, 11) is 0. The van der Waals surface area contributed by atoms with Gasteiger partial charge in [0.25, 0.3) is 0 Å². The molecule has 1 unspecified atom stereocenters. The first-order chi connectivity index (χ1) is 7.28. The highest BCUT2D eigenvalue weighted by molar-refractivity contribution is 8.13. The Kier molecular flexibility index (Phi) is 4.23. The van der Waals surface area contributed by atoms with Crippen LogP contribution >= 0.6 is 11.8 Å². The Morgan fingerprint density at radius 1 is 1.56 bits per heavy atom. The van der Waals surface area contributed by atoms with Crippen LogP contribution in [0.4, 0.5) is 13.2 Å².